The van der Waals surface area contributed by atoms with Crippen LogP contribution in [0.4, 0.5) is 0 Å². The average Bonchev–Trinajstić information content (AvgIpc) is 2.86. The summed E-state index contributed by atoms with van der Waals surface area (Å²) >= 11 is 0. The van der Waals surface area contributed by atoms with Gasteiger partial charge < -0.3 is 15.5 Å². The van der Waals surface area contributed by atoms with Gasteiger partial charge in [0.05, 0.1) is 18.8 Å². The van der Waals surface area contributed by atoms with Gasteiger partial charge in [0.1, 0.15) is 0 Å². The zero-order chi connectivity index (χ0) is 25.8. The zero-order valence-corrected chi connectivity index (χ0v) is 23.8. The van der Waals surface area contributed by atoms with Crippen molar-refractivity contribution in [1.82, 2.24) is 5.32 Å². The molecule has 0 rings (SSSR count). The Balaban J connectivity index is 3.55. The van der Waals surface area contributed by atoms with Crippen LogP contribution in [0.25, 0.3) is 0 Å². The Hall–Kier alpha value is -0.610. The van der Waals surface area contributed by atoms with Gasteiger partial charge in [0, 0.05) is 6.42 Å². The second kappa shape index (κ2) is 28.0. The molecule has 1 amide bonds. The van der Waals surface area contributed by atoms with Gasteiger partial charge in [-0.15, -0.1) is 0 Å². The molecule has 2 atom stereocenters. The van der Waals surface area contributed by atoms with Crippen LogP contribution in [0.3, 0.4) is 0 Å². The zero-order valence-electron chi connectivity index (χ0n) is 23.8. The first kappa shape index (κ1) is 34.4. The van der Waals surface area contributed by atoms with Gasteiger partial charge >= 0.3 is 0 Å². The summed E-state index contributed by atoms with van der Waals surface area (Å²) in [4.78, 5) is 12.2. The van der Waals surface area contributed by atoms with Crippen molar-refractivity contribution in [2.75, 3.05) is 6.61 Å². The second-order valence-corrected chi connectivity index (χ2v) is 10.9. The van der Waals surface area contributed by atoms with Crippen molar-refractivity contribution in [1.29, 1.82) is 0 Å². The first-order valence-corrected chi connectivity index (χ1v) is 15.7. The summed E-state index contributed by atoms with van der Waals surface area (Å²) in [7, 11) is 0. The van der Waals surface area contributed by atoms with Gasteiger partial charge in [-0.1, -0.05) is 155 Å². The lowest BCUT2D eigenvalue weighted by atomic mass is 10.0. The maximum atomic E-state index is 12.2. The Kier molecular flexibility index (Phi) is 27.5. The molecule has 0 fully saturated rings. The molecule has 0 bridgehead atoms. The Morgan fingerprint density at radius 2 is 0.914 bits per heavy atom. The number of unbranched alkanes of at least 4 members (excludes halogenated alkanes) is 21. The summed E-state index contributed by atoms with van der Waals surface area (Å²) in [5, 5.41) is 22.8. The molecule has 4 heteroatoms. The molecule has 0 aromatic carbocycles. The van der Waals surface area contributed by atoms with Crippen LogP contribution >= 0.6 is 0 Å². The van der Waals surface area contributed by atoms with Gasteiger partial charge in [-0.05, 0) is 12.8 Å². The van der Waals surface area contributed by atoms with E-state index in [9.17, 15) is 15.0 Å². The minimum Gasteiger partial charge on any atom is -0.394 e. The highest BCUT2D eigenvalue weighted by Crippen LogP contribution is 2.14. The molecule has 210 valence electrons. The van der Waals surface area contributed by atoms with Crippen LogP contribution in [0.5, 0.6) is 0 Å². The molecule has 4 nitrogen and oxygen atoms in total. The number of carbonyl (C=O) groups is 1. The third-order valence-electron chi connectivity index (χ3n) is 7.37. The number of aliphatic hydroxyl groups is 2. The van der Waals surface area contributed by atoms with Crippen molar-refractivity contribution in [2.45, 2.75) is 187 Å². The summed E-state index contributed by atoms with van der Waals surface area (Å²) in [5.41, 5.74) is 0. The molecule has 35 heavy (non-hydrogen) atoms. The molecule has 0 aromatic rings. The number of nitrogens with one attached hydrogen (secondary N) is 1. The lowest BCUT2D eigenvalue weighted by Gasteiger charge is -2.22. The topological polar surface area (TPSA) is 69.6 Å². The quantitative estimate of drug-likeness (QED) is 0.0947. The number of carbonyl (C=O) groups excluding carboxylic acids is 1. The second-order valence-electron chi connectivity index (χ2n) is 10.9. The molecule has 0 aliphatic carbocycles. The Labute approximate surface area is 219 Å². The molecule has 0 aliphatic rings. The standard InChI is InChI=1S/C31H63NO3/c1-3-5-7-9-11-13-14-15-16-17-19-21-23-25-27-31(35)32-29(28-33)30(34)26-24-22-20-18-12-10-8-6-4-2/h29-30,33-34H,3-28H2,1-2H3,(H,32,35). The predicted molar refractivity (Wildman–Crippen MR) is 152 cm³/mol. The van der Waals surface area contributed by atoms with E-state index >= 15 is 0 Å². The highest BCUT2D eigenvalue weighted by Gasteiger charge is 2.19. The van der Waals surface area contributed by atoms with Gasteiger partial charge in [-0.2, -0.15) is 0 Å². The van der Waals surface area contributed by atoms with Crippen LogP contribution in [0, 0.1) is 0 Å². The van der Waals surface area contributed by atoms with E-state index in [0.29, 0.717) is 12.8 Å². The van der Waals surface area contributed by atoms with E-state index in [1.54, 1.807) is 0 Å². The van der Waals surface area contributed by atoms with Crippen molar-refractivity contribution < 1.29 is 15.0 Å². The Bertz CT molecular complexity index is 429. The molecule has 2 unspecified atom stereocenters. The van der Waals surface area contributed by atoms with Gasteiger partial charge in [0.2, 0.25) is 5.91 Å². The Morgan fingerprint density at radius 1 is 0.571 bits per heavy atom. The predicted octanol–water partition coefficient (Wildman–Crippen LogP) is 8.62. The maximum absolute atomic E-state index is 12.2. The average molecular weight is 498 g/mol. The summed E-state index contributed by atoms with van der Waals surface area (Å²) in [6, 6.07) is -0.525. The number of rotatable bonds is 28. The van der Waals surface area contributed by atoms with Gasteiger partial charge in [0.15, 0.2) is 0 Å². The van der Waals surface area contributed by atoms with E-state index in [2.05, 4.69) is 19.2 Å². The molecule has 3 N–H and O–H groups in total. The van der Waals surface area contributed by atoms with Crippen molar-refractivity contribution in [3.05, 3.63) is 0 Å². The van der Waals surface area contributed by atoms with Crippen LogP contribution < -0.4 is 5.32 Å². The third kappa shape index (κ3) is 24.8. The lowest BCUT2D eigenvalue weighted by molar-refractivity contribution is -0.123. The molecule has 0 aromatic heterocycles. The monoisotopic (exact) mass is 497 g/mol. The fourth-order valence-electron chi connectivity index (χ4n) is 4.89. The minimum absolute atomic E-state index is 0.0332. The molecule has 0 saturated heterocycles. The molecule has 0 radical (unpaired) electrons. The molecule has 0 heterocycles. The number of amides is 1. The SMILES string of the molecule is CCCCCCCCCCCCCCCCC(=O)NC(CO)C(O)CCCCCCCCCCC. The maximum Gasteiger partial charge on any atom is 0.220 e. The lowest BCUT2D eigenvalue weighted by Crippen LogP contribution is -2.45. The smallest absolute Gasteiger partial charge is 0.220 e. The van der Waals surface area contributed by atoms with Gasteiger partial charge in [-0.25, -0.2) is 0 Å². The van der Waals surface area contributed by atoms with Crippen molar-refractivity contribution in [3.63, 3.8) is 0 Å². The van der Waals surface area contributed by atoms with Crippen LogP contribution in [-0.4, -0.2) is 34.9 Å². The van der Waals surface area contributed by atoms with Crippen LogP contribution in [-0.2, 0) is 4.79 Å². The molecule has 0 aliphatic heterocycles. The highest BCUT2D eigenvalue weighted by atomic mass is 16.3. The van der Waals surface area contributed by atoms with Crippen LogP contribution in [0.1, 0.15) is 174 Å². The number of hydrogen-bond donors (Lipinski definition) is 3. The molecule has 0 spiro atoms. The van der Waals surface area contributed by atoms with Gasteiger partial charge in [0.25, 0.3) is 0 Å². The van der Waals surface area contributed by atoms with Crippen LogP contribution in [0.2, 0.25) is 0 Å². The Morgan fingerprint density at radius 3 is 1.29 bits per heavy atom. The molecular weight excluding hydrogens is 434 g/mol. The molecular formula is C31H63NO3. The van der Waals surface area contributed by atoms with E-state index < -0.39 is 12.1 Å². The largest absolute Gasteiger partial charge is 0.394 e. The van der Waals surface area contributed by atoms with E-state index in [0.717, 1.165) is 25.7 Å². The first-order chi connectivity index (χ1) is 17.2. The van der Waals surface area contributed by atoms with Crippen molar-refractivity contribution >= 4 is 5.91 Å². The third-order valence-corrected chi connectivity index (χ3v) is 7.37. The fraction of sp³-hybridized carbons (Fsp3) is 0.968. The van der Waals surface area contributed by atoms with Crippen LogP contribution in [0.15, 0.2) is 0 Å². The minimum atomic E-state index is -0.648. The summed E-state index contributed by atoms with van der Waals surface area (Å²) < 4.78 is 0. The van der Waals surface area contributed by atoms with E-state index in [1.165, 1.54) is 122 Å². The summed E-state index contributed by atoms with van der Waals surface area (Å²) in [5.74, 6) is -0.0332. The number of aliphatic hydroxyl groups excluding tert-OH is 2. The first-order valence-electron chi connectivity index (χ1n) is 15.7. The number of hydrogen-bond acceptors (Lipinski definition) is 3. The van der Waals surface area contributed by atoms with Crippen molar-refractivity contribution in [3.8, 4) is 0 Å². The normalized spacial score (nSPS) is 13.1. The molecule has 0 saturated carbocycles. The highest BCUT2D eigenvalue weighted by molar-refractivity contribution is 5.76. The fourth-order valence-corrected chi connectivity index (χ4v) is 4.89. The van der Waals surface area contributed by atoms with Crippen molar-refractivity contribution in [2.24, 2.45) is 0 Å². The summed E-state index contributed by atoms with van der Waals surface area (Å²) in [6.07, 6.45) is 30.0. The van der Waals surface area contributed by atoms with E-state index in [-0.39, 0.29) is 12.5 Å². The van der Waals surface area contributed by atoms with E-state index in [1.807, 2.05) is 0 Å². The summed E-state index contributed by atoms with van der Waals surface area (Å²) in [6.45, 7) is 4.32. The van der Waals surface area contributed by atoms with E-state index in [4.69, 9.17) is 0 Å². The van der Waals surface area contributed by atoms with Gasteiger partial charge in [-0.3, -0.25) is 4.79 Å².